The van der Waals surface area contributed by atoms with Crippen LogP contribution in [0.3, 0.4) is 0 Å². The summed E-state index contributed by atoms with van der Waals surface area (Å²) in [6, 6.07) is 15.6. The Bertz CT molecular complexity index is 1000. The molecule has 0 aromatic heterocycles. The highest BCUT2D eigenvalue weighted by molar-refractivity contribution is 5.85. The fourth-order valence-corrected chi connectivity index (χ4v) is 4.83. The molecule has 0 aliphatic heterocycles. The van der Waals surface area contributed by atoms with Crippen LogP contribution < -0.4 is 10.6 Å². The van der Waals surface area contributed by atoms with Gasteiger partial charge in [0.05, 0.1) is 0 Å². The molecule has 1 saturated carbocycles. The summed E-state index contributed by atoms with van der Waals surface area (Å²) in [5.74, 6) is -1.50. The van der Waals surface area contributed by atoms with Crippen LogP contribution in [0.15, 0.2) is 48.5 Å². The van der Waals surface area contributed by atoms with Gasteiger partial charge in [0.1, 0.15) is 12.6 Å². The summed E-state index contributed by atoms with van der Waals surface area (Å²) in [5, 5.41) is 14.8. The minimum Gasteiger partial charge on any atom is -0.480 e. The van der Waals surface area contributed by atoms with Gasteiger partial charge in [-0.2, -0.15) is 0 Å². The maximum absolute atomic E-state index is 12.4. The van der Waals surface area contributed by atoms with E-state index in [1.807, 2.05) is 24.3 Å². The first kappa shape index (κ1) is 23.8. The zero-order chi connectivity index (χ0) is 24.1. The van der Waals surface area contributed by atoms with Gasteiger partial charge in [0.25, 0.3) is 0 Å². The lowest BCUT2D eigenvalue weighted by Crippen LogP contribution is -2.49. The summed E-state index contributed by atoms with van der Waals surface area (Å²) >= 11 is 0. The third kappa shape index (κ3) is 5.24. The monoisotopic (exact) mass is 464 g/mol. The Morgan fingerprint density at radius 1 is 1.03 bits per heavy atom. The molecule has 2 atom stereocenters. The molecule has 0 spiro atoms. The highest BCUT2D eigenvalue weighted by Gasteiger charge is 2.34. The Hall–Kier alpha value is -3.35. The minimum atomic E-state index is -0.970. The number of hydrogen-bond acceptors (Lipinski definition) is 4. The van der Waals surface area contributed by atoms with Crippen LogP contribution >= 0.6 is 0 Å². The maximum atomic E-state index is 12.4. The van der Waals surface area contributed by atoms with Crippen molar-refractivity contribution in [2.75, 3.05) is 13.2 Å². The fraction of sp³-hybridized carbons (Fsp3) is 0.444. The molecule has 2 unspecified atom stereocenters. The maximum Gasteiger partial charge on any atom is 0.407 e. The summed E-state index contributed by atoms with van der Waals surface area (Å²) in [6.07, 6.45) is 3.37. The third-order valence-electron chi connectivity index (χ3n) is 7.06. The van der Waals surface area contributed by atoms with Gasteiger partial charge < -0.3 is 20.5 Å². The highest BCUT2D eigenvalue weighted by Crippen LogP contribution is 2.44. The van der Waals surface area contributed by atoms with Gasteiger partial charge in [-0.3, -0.25) is 4.79 Å². The van der Waals surface area contributed by atoms with E-state index in [0.29, 0.717) is 19.4 Å². The van der Waals surface area contributed by atoms with Gasteiger partial charge in [-0.25, -0.2) is 9.59 Å². The van der Waals surface area contributed by atoms with Crippen molar-refractivity contribution >= 4 is 18.0 Å². The number of amides is 2. The van der Waals surface area contributed by atoms with E-state index in [1.54, 1.807) is 6.92 Å². The van der Waals surface area contributed by atoms with Crippen molar-refractivity contribution in [2.45, 2.75) is 51.0 Å². The lowest BCUT2D eigenvalue weighted by molar-refractivity contribution is -0.145. The van der Waals surface area contributed by atoms with Crippen LogP contribution in [-0.2, 0) is 14.3 Å². The standard InChI is InChI=1S/C27H32N2O5/c1-17(25(30)29-24(26(31)32)18-9-6-10-18)8-7-15-28-27(33)34-16-23-21-13-4-2-11-19(21)20-12-3-5-14-22(20)23/h2-5,11-14,17-18,23-24H,6-10,15-16H2,1H3,(H,28,33)(H,29,30)(H,31,32). The lowest BCUT2D eigenvalue weighted by atomic mass is 9.79. The molecule has 34 heavy (non-hydrogen) atoms. The van der Waals surface area contributed by atoms with Crippen LogP contribution in [0.4, 0.5) is 4.79 Å². The Morgan fingerprint density at radius 3 is 2.21 bits per heavy atom. The van der Waals surface area contributed by atoms with E-state index in [4.69, 9.17) is 4.74 Å². The zero-order valence-corrected chi connectivity index (χ0v) is 19.5. The Balaban J connectivity index is 1.19. The number of carbonyl (C=O) groups is 3. The number of ether oxygens (including phenoxy) is 1. The highest BCUT2D eigenvalue weighted by atomic mass is 16.5. The Kier molecular flexibility index (Phi) is 7.50. The molecule has 7 nitrogen and oxygen atoms in total. The van der Waals surface area contributed by atoms with Gasteiger partial charge in [-0.15, -0.1) is 0 Å². The number of carboxylic acid groups (broad SMARTS) is 1. The average Bonchev–Trinajstić information content (AvgIpc) is 3.12. The summed E-state index contributed by atoms with van der Waals surface area (Å²) in [4.78, 5) is 36.1. The molecular weight excluding hydrogens is 432 g/mol. The molecule has 180 valence electrons. The molecule has 0 heterocycles. The van der Waals surface area contributed by atoms with Gasteiger partial charge in [0, 0.05) is 18.4 Å². The van der Waals surface area contributed by atoms with Crippen molar-refractivity contribution in [3.63, 3.8) is 0 Å². The van der Waals surface area contributed by atoms with Crippen molar-refractivity contribution < 1.29 is 24.2 Å². The summed E-state index contributed by atoms with van der Waals surface area (Å²) in [6.45, 7) is 2.43. The van der Waals surface area contributed by atoms with Gasteiger partial charge in [-0.1, -0.05) is 61.9 Å². The quantitative estimate of drug-likeness (QED) is 0.455. The number of hydrogen-bond donors (Lipinski definition) is 3. The van der Waals surface area contributed by atoms with Crippen molar-refractivity contribution in [3.05, 3.63) is 59.7 Å². The molecule has 0 bridgehead atoms. The average molecular weight is 465 g/mol. The summed E-state index contributed by atoms with van der Waals surface area (Å²) < 4.78 is 5.52. The van der Waals surface area contributed by atoms with E-state index in [-0.39, 0.29) is 30.3 Å². The van der Waals surface area contributed by atoms with Crippen LogP contribution in [0.5, 0.6) is 0 Å². The van der Waals surface area contributed by atoms with E-state index in [1.165, 1.54) is 11.1 Å². The molecular formula is C27H32N2O5. The van der Waals surface area contributed by atoms with E-state index in [2.05, 4.69) is 34.9 Å². The number of rotatable bonds is 10. The number of nitrogens with one attached hydrogen (secondary N) is 2. The molecule has 4 rings (SSSR count). The number of carboxylic acids is 1. The SMILES string of the molecule is CC(CCCNC(=O)OCC1c2ccccc2-c2ccccc21)C(=O)NC(C(=O)O)C1CCC1. The number of fused-ring (bicyclic) bond motifs is 3. The summed E-state index contributed by atoms with van der Waals surface area (Å²) in [5.41, 5.74) is 4.69. The van der Waals surface area contributed by atoms with E-state index in [0.717, 1.165) is 30.4 Å². The van der Waals surface area contributed by atoms with Crippen molar-refractivity contribution in [2.24, 2.45) is 11.8 Å². The largest absolute Gasteiger partial charge is 0.480 e. The summed E-state index contributed by atoms with van der Waals surface area (Å²) in [7, 11) is 0. The first-order valence-electron chi connectivity index (χ1n) is 12.1. The number of alkyl carbamates (subject to hydrolysis) is 1. The minimum absolute atomic E-state index is 0.0136. The molecule has 2 amide bonds. The van der Waals surface area contributed by atoms with Crippen LogP contribution in [-0.4, -0.2) is 42.3 Å². The van der Waals surface area contributed by atoms with E-state index >= 15 is 0 Å². The Morgan fingerprint density at radius 2 is 1.65 bits per heavy atom. The second-order valence-corrected chi connectivity index (χ2v) is 9.31. The molecule has 2 aromatic carbocycles. The number of carbonyl (C=O) groups excluding carboxylic acids is 2. The predicted molar refractivity (Wildman–Crippen MR) is 128 cm³/mol. The molecule has 3 N–H and O–H groups in total. The molecule has 0 radical (unpaired) electrons. The smallest absolute Gasteiger partial charge is 0.407 e. The van der Waals surface area contributed by atoms with E-state index in [9.17, 15) is 19.5 Å². The molecule has 7 heteroatoms. The normalized spacial score (nSPS) is 16.5. The van der Waals surface area contributed by atoms with Crippen molar-refractivity contribution in [1.29, 1.82) is 0 Å². The van der Waals surface area contributed by atoms with Crippen molar-refractivity contribution in [3.8, 4) is 11.1 Å². The second-order valence-electron chi connectivity index (χ2n) is 9.31. The van der Waals surface area contributed by atoms with Gasteiger partial charge in [0.15, 0.2) is 0 Å². The first-order chi connectivity index (χ1) is 16.5. The van der Waals surface area contributed by atoms with Gasteiger partial charge in [-0.05, 0) is 53.9 Å². The molecule has 2 aliphatic rings. The van der Waals surface area contributed by atoms with Crippen LogP contribution in [0, 0.1) is 11.8 Å². The number of benzene rings is 2. The van der Waals surface area contributed by atoms with Crippen LogP contribution in [0.1, 0.15) is 56.1 Å². The number of aliphatic carboxylic acids is 1. The van der Waals surface area contributed by atoms with Gasteiger partial charge >= 0.3 is 12.1 Å². The van der Waals surface area contributed by atoms with E-state index < -0.39 is 18.1 Å². The zero-order valence-electron chi connectivity index (χ0n) is 19.5. The molecule has 2 aliphatic carbocycles. The van der Waals surface area contributed by atoms with Gasteiger partial charge in [0.2, 0.25) is 5.91 Å². The van der Waals surface area contributed by atoms with Crippen LogP contribution in [0.25, 0.3) is 11.1 Å². The Labute approximate surface area is 199 Å². The van der Waals surface area contributed by atoms with Crippen molar-refractivity contribution in [1.82, 2.24) is 10.6 Å². The molecule has 2 aromatic rings. The molecule has 0 saturated heterocycles. The second kappa shape index (κ2) is 10.7. The predicted octanol–water partition coefficient (Wildman–Crippen LogP) is 4.31. The first-order valence-corrected chi connectivity index (χ1v) is 12.1. The fourth-order valence-electron chi connectivity index (χ4n) is 4.83. The topological polar surface area (TPSA) is 105 Å². The third-order valence-corrected chi connectivity index (χ3v) is 7.06. The van der Waals surface area contributed by atoms with Crippen LogP contribution in [0.2, 0.25) is 0 Å². The molecule has 1 fully saturated rings. The lowest BCUT2D eigenvalue weighted by Gasteiger charge is -2.32.